The summed E-state index contributed by atoms with van der Waals surface area (Å²) in [4.78, 5) is 57.5. The van der Waals surface area contributed by atoms with Crippen LogP contribution in [0.4, 0.5) is 4.79 Å². The van der Waals surface area contributed by atoms with Crippen LogP contribution in [0.5, 0.6) is 11.5 Å². The minimum absolute atomic E-state index is 0.140. The van der Waals surface area contributed by atoms with Gasteiger partial charge in [-0.25, -0.2) is 4.79 Å². The van der Waals surface area contributed by atoms with Crippen LogP contribution in [0.15, 0.2) is 97.1 Å². The van der Waals surface area contributed by atoms with E-state index in [-0.39, 0.29) is 29.7 Å². The zero-order valence-electron chi connectivity index (χ0n) is 23.9. The Morgan fingerprint density at radius 1 is 0.614 bits per heavy atom. The Morgan fingerprint density at radius 2 is 0.977 bits per heavy atom. The lowest BCUT2D eigenvalue weighted by Gasteiger charge is -2.30. The lowest BCUT2D eigenvalue weighted by Crippen LogP contribution is -2.32. The molecule has 0 unspecified atom stereocenters. The highest BCUT2D eigenvalue weighted by molar-refractivity contribution is 7.60. The molecule has 230 valence electrons. The standard InChI is InChI=1S/C31H32N2O9P2/c1-41-25-13-9-21(10-14-25)19-32-29(23-5-3-7-27(17-23)43(35,36)37)30(24-6-4-8-28(18-24)44(38,39)40)33(31(32)34)20-22-11-15-26(42-2)16-12-22/h3-18,29-30H,19-20H2,1-2H3,(H2,35,36,37)(H2,38,39,40)/t29-,30-/m0/s1. The van der Waals surface area contributed by atoms with Crippen LogP contribution in [0, 0.1) is 0 Å². The highest BCUT2D eigenvalue weighted by atomic mass is 31.2. The summed E-state index contributed by atoms with van der Waals surface area (Å²) < 4.78 is 35.1. The molecule has 44 heavy (non-hydrogen) atoms. The number of benzene rings is 4. The number of ether oxygens (including phenoxy) is 2. The fourth-order valence-electron chi connectivity index (χ4n) is 5.44. The molecule has 5 rings (SSSR count). The van der Waals surface area contributed by atoms with Crippen molar-refractivity contribution in [3.8, 4) is 11.5 Å². The molecule has 4 aromatic rings. The van der Waals surface area contributed by atoms with Crippen molar-refractivity contribution >= 4 is 31.8 Å². The summed E-state index contributed by atoms with van der Waals surface area (Å²) in [6.07, 6.45) is 0. The van der Waals surface area contributed by atoms with Gasteiger partial charge in [-0.15, -0.1) is 0 Å². The SMILES string of the molecule is COc1ccc(CN2C(=O)N(Cc3ccc(OC)cc3)[C@@H](c3cccc(P(=O)(O)O)c3)[C@@H]2c2cccc(P(=O)(O)O)c2)cc1. The predicted molar refractivity (Wildman–Crippen MR) is 164 cm³/mol. The van der Waals surface area contributed by atoms with Gasteiger partial charge in [0, 0.05) is 13.1 Å². The minimum Gasteiger partial charge on any atom is -0.497 e. The molecular weight excluding hydrogens is 606 g/mol. The molecular formula is C31H32N2O9P2. The molecule has 2 amide bonds. The van der Waals surface area contributed by atoms with E-state index in [0.29, 0.717) is 22.6 Å². The highest BCUT2D eigenvalue weighted by Crippen LogP contribution is 2.48. The number of hydrogen-bond acceptors (Lipinski definition) is 5. The van der Waals surface area contributed by atoms with E-state index in [1.54, 1.807) is 60.4 Å². The molecule has 1 aliphatic rings. The minimum atomic E-state index is -4.64. The lowest BCUT2D eigenvalue weighted by atomic mass is 9.92. The highest BCUT2D eigenvalue weighted by Gasteiger charge is 2.47. The van der Waals surface area contributed by atoms with Crippen LogP contribution in [0.2, 0.25) is 0 Å². The Labute approximate surface area is 254 Å². The topological polar surface area (TPSA) is 157 Å². The molecule has 0 saturated carbocycles. The molecule has 1 heterocycles. The van der Waals surface area contributed by atoms with Crippen molar-refractivity contribution < 1.29 is 43.0 Å². The number of carbonyl (C=O) groups is 1. The molecule has 11 nitrogen and oxygen atoms in total. The third kappa shape index (κ3) is 6.74. The third-order valence-electron chi connectivity index (χ3n) is 7.58. The van der Waals surface area contributed by atoms with Crippen LogP contribution in [0.3, 0.4) is 0 Å². The van der Waals surface area contributed by atoms with E-state index < -0.39 is 27.3 Å². The second kappa shape index (κ2) is 12.6. The van der Waals surface area contributed by atoms with Crippen LogP contribution in [0.25, 0.3) is 0 Å². The first-order chi connectivity index (χ1) is 20.9. The van der Waals surface area contributed by atoms with Gasteiger partial charge >= 0.3 is 21.2 Å². The molecule has 0 aromatic heterocycles. The third-order valence-corrected chi connectivity index (χ3v) is 9.48. The predicted octanol–water partition coefficient (Wildman–Crippen LogP) is 4.23. The first-order valence-electron chi connectivity index (χ1n) is 13.5. The van der Waals surface area contributed by atoms with Crippen LogP contribution in [-0.2, 0) is 22.2 Å². The van der Waals surface area contributed by atoms with Gasteiger partial charge in [-0.2, -0.15) is 0 Å². The van der Waals surface area contributed by atoms with Crippen LogP contribution in [0.1, 0.15) is 34.3 Å². The Morgan fingerprint density at radius 3 is 1.30 bits per heavy atom. The molecule has 1 fully saturated rings. The van der Waals surface area contributed by atoms with Crippen molar-refractivity contribution in [2.45, 2.75) is 25.2 Å². The normalized spacial score (nSPS) is 17.2. The summed E-state index contributed by atoms with van der Waals surface area (Å²) in [6.45, 7) is 0.281. The molecule has 13 heteroatoms. The van der Waals surface area contributed by atoms with Crippen LogP contribution >= 0.6 is 15.2 Å². The van der Waals surface area contributed by atoms with Gasteiger partial charge in [0.1, 0.15) is 11.5 Å². The molecule has 4 aromatic carbocycles. The van der Waals surface area contributed by atoms with Gasteiger partial charge in [0.15, 0.2) is 0 Å². The van der Waals surface area contributed by atoms with E-state index in [4.69, 9.17) is 9.47 Å². The maximum Gasteiger partial charge on any atom is 0.356 e. The lowest BCUT2D eigenvalue weighted by molar-refractivity contribution is 0.181. The zero-order chi connectivity index (χ0) is 31.6. The molecule has 0 aliphatic carbocycles. The van der Waals surface area contributed by atoms with Crippen molar-refractivity contribution in [1.82, 2.24) is 9.80 Å². The van der Waals surface area contributed by atoms with Gasteiger partial charge in [-0.1, -0.05) is 48.5 Å². The fraction of sp³-hybridized carbons (Fsp3) is 0.194. The Bertz CT molecular complexity index is 1610. The van der Waals surface area contributed by atoms with Crippen molar-refractivity contribution in [3.05, 3.63) is 119 Å². The second-order valence-electron chi connectivity index (χ2n) is 10.4. The second-order valence-corrected chi connectivity index (χ2v) is 13.6. The maximum absolute atomic E-state index is 14.4. The summed E-state index contributed by atoms with van der Waals surface area (Å²) in [7, 11) is -6.18. The van der Waals surface area contributed by atoms with Gasteiger partial charge < -0.3 is 38.8 Å². The Hall–Kier alpha value is -3.95. The van der Waals surface area contributed by atoms with Gasteiger partial charge in [0.05, 0.1) is 36.9 Å². The first kappa shape index (κ1) is 31.5. The maximum atomic E-state index is 14.4. The van der Waals surface area contributed by atoms with Crippen molar-refractivity contribution in [2.75, 3.05) is 14.2 Å². The Balaban J connectivity index is 1.69. The van der Waals surface area contributed by atoms with E-state index in [2.05, 4.69) is 0 Å². The van der Waals surface area contributed by atoms with Gasteiger partial charge in [-0.3, -0.25) is 9.13 Å². The van der Waals surface area contributed by atoms with Crippen molar-refractivity contribution in [3.63, 3.8) is 0 Å². The zero-order valence-corrected chi connectivity index (χ0v) is 25.7. The summed E-state index contributed by atoms with van der Waals surface area (Å²) >= 11 is 0. The van der Waals surface area contributed by atoms with E-state index in [0.717, 1.165) is 11.1 Å². The number of amides is 2. The van der Waals surface area contributed by atoms with Gasteiger partial charge in [-0.05, 0) is 70.8 Å². The van der Waals surface area contributed by atoms with E-state index in [9.17, 15) is 33.5 Å². The average Bonchev–Trinajstić information content (AvgIpc) is 3.27. The molecule has 1 saturated heterocycles. The molecule has 1 aliphatic heterocycles. The summed E-state index contributed by atoms with van der Waals surface area (Å²) in [5, 5.41) is -0.411. The molecule has 0 radical (unpaired) electrons. The average molecular weight is 639 g/mol. The number of urea groups is 1. The Kier molecular flexibility index (Phi) is 9.00. The van der Waals surface area contributed by atoms with Gasteiger partial charge in [0.25, 0.3) is 0 Å². The monoisotopic (exact) mass is 638 g/mol. The number of carbonyl (C=O) groups excluding carboxylic acids is 1. The number of hydrogen-bond donors (Lipinski definition) is 4. The summed E-state index contributed by atoms with van der Waals surface area (Å²) in [5.74, 6) is 1.28. The van der Waals surface area contributed by atoms with E-state index in [1.807, 2.05) is 24.3 Å². The summed E-state index contributed by atoms with van der Waals surface area (Å²) in [5.41, 5.74) is 2.47. The molecule has 2 atom stereocenters. The fourth-order valence-corrected chi connectivity index (χ4v) is 6.63. The number of methoxy groups -OCH3 is 2. The first-order valence-corrected chi connectivity index (χ1v) is 16.8. The largest absolute Gasteiger partial charge is 0.497 e. The van der Waals surface area contributed by atoms with Crippen molar-refractivity contribution in [1.29, 1.82) is 0 Å². The van der Waals surface area contributed by atoms with Gasteiger partial charge in [0.2, 0.25) is 0 Å². The number of nitrogens with zero attached hydrogens (tertiary/aromatic N) is 2. The molecule has 0 spiro atoms. The van der Waals surface area contributed by atoms with Crippen LogP contribution < -0.4 is 20.1 Å². The summed E-state index contributed by atoms with van der Waals surface area (Å²) in [6, 6.07) is 24.3. The smallest absolute Gasteiger partial charge is 0.356 e. The molecule has 0 bridgehead atoms. The van der Waals surface area contributed by atoms with Crippen molar-refractivity contribution in [2.24, 2.45) is 0 Å². The number of rotatable bonds is 10. The quantitative estimate of drug-likeness (QED) is 0.187. The van der Waals surface area contributed by atoms with E-state index in [1.165, 1.54) is 36.4 Å². The molecule has 4 N–H and O–H groups in total. The van der Waals surface area contributed by atoms with Crippen LogP contribution in [-0.4, -0.2) is 49.6 Å². The van der Waals surface area contributed by atoms with E-state index >= 15 is 0 Å².